The second-order valence-corrected chi connectivity index (χ2v) is 6.26. The molecule has 1 aromatic heterocycles. The van der Waals surface area contributed by atoms with Gasteiger partial charge in [-0.15, -0.1) is 11.3 Å². The molecule has 2 amide bonds. The van der Waals surface area contributed by atoms with Crippen LogP contribution in [0.1, 0.15) is 26.5 Å². The monoisotopic (exact) mass is 267 g/mol. The minimum Gasteiger partial charge on any atom is -0.342 e. The van der Waals surface area contributed by atoms with Gasteiger partial charge >= 0.3 is 0 Å². The molecular weight excluding hydrogens is 250 g/mol. The van der Waals surface area contributed by atoms with Crippen LogP contribution in [0.15, 0.2) is 10.9 Å². The molecule has 1 fully saturated rings. The SMILES string of the molecule is CC(C)(C)C1NC(=O)CN(Cc2cscn2)C1=O. The maximum atomic E-state index is 12.3. The van der Waals surface area contributed by atoms with Gasteiger partial charge in [-0.1, -0.05) is 20.8 Å². The van der Waals surface area contributed by atoms with E-state index < -0.39 is 6.04 Å². The summed E-state index contributed by atoms with van der Waals surface area (Å²) in [4.78, 5) is 29.7. The highest BCUT2D eigenvalue weighted by molar-refractivity contribution is 7.07. The first kappa shape index (κ1) is 13.0. The van der Waals surface area contributed by atoms with Crippen molar-refractivity contribution in [1.29, 1.82) is 0 Å². The molecule has 0 saturated carbocycles. The van der Waals surface area contributed by atoms with Crippen LogP contribution in [0.5, 0.6) is 0 Å². The van der Waals surface area contributed by atoms with E-state index in [1.165, 1.54) is 11.3 Å². The third-order valence-corrected chi connectivity index (χ3v) is 3.54. The topological polar surface area (TPSA) is 62.3 Å². The van der Waals surface area contributed by atoms with Gasteiger partial charge in [0.05, 0.1) is 17.7 Å². The van der Waals surface area contributed by atoms with E-state index in [1.54, 1.807) is 10.4 Å². The van der Waals surface area contributed by atoms with E-state index in [1.807, 2.05) is 26.2 Å². The van der Waals surface area contributed by atoms with Gasteiger partial charge in [0, 0.05) is 5.38 Å². The molecule has 0 spiro atoms. The molecule has 6 heteroatoms. The molecule has 0 aromatic carbocycles. The summed E-state index contributed by atoms with van der Waals surface area (Å²) in [7, 11) is 0. The Hall–Kier alpha value is -1.43. The smallest absolute Gasteiger partial charge is 0.246 e. The molecule has 18 heavy (non-hydrogen) atoms. The molecule has 1 aliphatic heterocycles. The number of piperazine rings is 1. The minimum absolute atomic E-state index is 0.0323. The van der Waals surface area contributed by atoms with Crippen LogP contribution in [0.25, 0.3) is 0 Å². The second kappa shape index (κ2) is 4.68. The fraction of sp³-hybridized carbons (Fsp3) is 0.583. The molecule has 1 aromatic rings. The van der Waals surface area contributed by atoms with Gasteiger partial charge in [0.1, 0.15) is 12.6 Å². The van der Waals surface area contributed by atoms with E-state index in [9.17, 15) is 9.59 Å². The first-order chi connectivity index (χ1) is 8.38. The number of thiazole rings is 1. The number of aromatic nitrogens is 1. The van der Waals surface area contributed by atoms with Gasteiger partial charge in [-0.25, -0.2) is 4.98 Å². The van der Waals surface area contributed by atoms with E-state index in [2.05, 4.69) is 10.3 Å². The average molecular weight is 267 g/mol. The summed E-state index contributed by atoms with van der Waals surface area (Å²) < 4.78 is 0. The molecule has 1 aliphatic rings. The van der Waals surface area contributed by atoms with Crippen molar-refractivity contribution in [2.45, 2.75) is 33.4 Å². The first-order valence-corrected chi connectivity index (χ1v) is 6.77. The van der Waals surface area contributed by atoms with Crippen LogP contribution in [-0.2, 0) is 16.1 Å². The Kier molecular flexibility index (Phi) is 3.38. The van der Waals surface area contributed by atoms with Gasteiger partial charge in [-0.05, 0) is 5.41 Å². The summed E-state index contributed by atoms with van der Waals surface area (Å²) in [6.07, 6.45) is 0. The number of nitrogens with one attached hydrogen (secondary N) is 1. The molecular formula is C12H17N3O2S. The number of amides is 2. The highest BCUT2D eigenvalue weighted by atomic mass is 32.1. The van der Waals surface area contributed by atoms with Gasteiger partial charge in [0.2, 0.25) is 11.8 Å². The lowest BCUT2D eigenvalue weighted by Gasteiger charge is -2.38. The number of nitrogens with zero attached hydrogens (tertiary/aromatic N) is 2. The number of hydrogen-bond acceptors (Lipinski definition) is 4. The summed E-state index contributed by atoms with van der Waals surface area (Å²) in [6, 6.07) is -0.461. The van der Waals surface area contributed by atoms with Gasteiger partial charge in [-0.2, -0.15) is 0 Å². The first-order valence-electron chi connectivity index (χ1n) is 5.83. The van der Waals surface area contributed by atoms with Crippen molar-refractivity contribution < 1.29 is 9.59 Å². The molecule has 0 aliphatic carbocycles. The minimum atomic E-state index is -0.461. The lowest BCUT2D eigenvalue weighted by Crippen LogP contribution is -2.61. The maximum absolute atomic E-state index is 12.3. The van der Waals surface area contributed by atoms with E-state index >= 15 is 0 Å². The van der Waals surface area contributed by atoms with Crippen LogP contribution in [0, 0.1) is 5.41 Å². The molecule has 98 valence electrons. The van der Waals surface area contributed by atoms with Crippen LogP contribution < -0.4 is 5.32 Å². The van der Waals surface area contributed by atoms with Crippen molar-refractivity contribution in [3.8, 4) is 0 Å². The zero-order chi connectivity index (χ0) is 13.3. The van der Waals surface area contributed by atoms with Crippen molar-refractivity contribution in [2.24, 2.45) is 5.41 Å². The van der Waals surface area contributed by atoms with E-state index in [0.717, 1.165) is 5.69 Å². The summed E-state index contributed by atoms with van der Waals surface area (Å²) >= 11 is 1.49. The van der Waals surface area contributed by atoms with Crippen LogP contribution >= 0.6 is 11.3 Å². The van der Waals surface area contributed by atoms with E-state index in [-0.39, 0.29) is 23.8 Å². The number of carbonyl (C=O) groups excluding carboxylic acids is 2. The molecule has 1 unspecified atom stereocenters. The fourth-order valence-corrected chi connectivity index (χ4v) is 2.48. The summed E-state index contributed by atoms with van der Waals surface area (Å²) in [5, 5.41) is 4.66. The maximum Gasteiger partial charge on any atom is 0.246 e. The number of hydrogen-bond donors (Lipinski definition) is 1. The fourth-order valence-electron chi connectivity index (χ4n) is 1.93. The lowest BCUT2D eigenvalue weighted by atomic mass is 9.85. The Morgan fingerprint density at radius 1 is 1.50 bits per heavy atom. The normalized spacial score (nSPS) is 21.1. The Labute approximate surface area is 110 Å². The van der Waals surface area contributed by atoms with Gasteiger partial charge < -0.3 is 10.2 Å². The molecule has 1 N–H and O–H groups in total. The standard InChI is InChI=1S/C12H17N3O2S/c1-12(2,3)10-11(17)15(5-9(16)14-10)4-8-6-18-7-13-8/h6-7,10H,4-5H2,1-3H3,(H,14,16). The lowest BCUT2D eigenvalue weighted by molar-refractivity contribution is -0.148. The Morgan fingerprint density at radius 2 is 2.22 bits per heavy atom. The van der Waals surface area contributed by atoms with E-state index in [0.29, 0.717) is 6.54 Å². The molecule has 1 atom stereocenters. The van der Waals surface area contributed by atoms with Crippen molar-refractivity contribution in [3.05, 3.63) is 16.6 Å². The largest absolute Gasteiger partial charge is 0.342 e. The summed E-state index contributed by atoms with van der Waals surface area (Å²) in [5.74, 6) is -0.139. The summed E-state index contributed by atoms with van der Waals surface area (Å²) in [5.41, 5.74) is 2.27. The van der Waals surface area contributed by atoms with Crippen LogP contribution in [0.2, 0.25) is 0 Å². The van der Waals surface area contributed by atoms with Gasteiger partial charge in [-0.3, -0.25) is 9.59 Å². The highest BCUT2D eigenvalue weighted by Crippen LogP contribution is 2.23. The van der Waals surface area contributed by atoms with Crippen molar-refractivity contribution in [1.82, 2.24) is 15.2 Å². The zero-order valence-electron chi connectivity index (χ0n) is 10.8. The molecule has 1 saturated heterocycles. The average Bonchev–Trinajstić information content (AvgIpc) is 2.74. The Morgan fingerprint density at radius 3 is 2.78 bits per heavy atom. The molecule has 0 bridgehead atoms. The molecule has 2 rings (SSSR count). The number of rotatable bonds is 2. The van der Waals surface area contributed by atoms with Crippen LogP contribution in [0.4, 0.5) is 0 Å². The van der Waals surface area contributed by atoms with Crippen LogP contribution in [0.3, 0.4) is 0 Å². The van der Waals surface area contributed by atoms with Crippen molar-refractivity contribution in [3.63, 3.8) is 0 Å². The van der Waals surface area contributed by atoms with Crippen molar-refractivity contribution in [2.75, 3.05) is 6.54 Å². The molecule has 2 heterocycles. The Balaban J connectivity index is 2.15. The Bertz CT molecular complexity index is 450. The van der Waals surface area contributed by atoms with Crippen molar-refractivity contribution >= 4 is 23.2 Å². The number of carbonyl (C=O) groups is 2. The third kappa shape index (κ3) is 2.69. The summed E-state index contributed by atoms with van der Waals surface area (Å²) in [6.45, 7) is 6.36. The predicted octanol–water partition coefficient (Wildman–Crippen LogP) is 1.02. The van der Waals surface area contributed by atoms with Gasteiger partial charge in [0.15, 0.2) is 0 Å². The highest BCUT2D eigenvalue weighted by Gasteiger charge is 2.39. The molecule has 5 nitrogen and oxygen atoms in total. The van der Waals surface area contributed by atoms with Crippen LogP contribution in [-0.4, -0.2) is 34.3 Å². The quantitative estimate of drug-likeness (QED) is 0.870. The predicted molar refractivity (Wildman–Crippen MR) is 68.9 cm³/mol. The van der Waals surface area contributed by atoms with E-state index in [4.69, 9.17) is 0 Å². The van der Waals surface area contributed by atoms with Gasteiger partial charge in [0.25, 0.3) is 0 Å². The second-order valence-electron chi connectivity index (χ2n) is 5.54. The zero-order valence-corrected chi connectivity index (χ0v) is 11.6. The third-order valence-electron chi connectivity index (χ3n) is 2.90. The molecule has 0 radical (unpaired) electrons.